The minimum atomic E-state index is -3.49. The number of rotatable bonds is 6. The van der Waals surface area contributed by atoms with Crippen molar-refractivity contribution in [2.24, 2.45) is 5.92 Å². The lowest BCUT2D eigenvalue weighted by Crippen LogP contribution is -2.32. The van der Waals surface area contributed by atoms with E-state index < -0.39 is 10.0 Å². The van der Waals surface area contributed by atoms with Crippen LogP contribution in [0.25, 0.3) is 0 Å². The molecule has 2 aromatic carbocycles. The smallest absolute Gasteiger partial charge is 0.231 e. The van der Waals surface area contributed by atoms with Gasteiger partial charge < -0.3 is 19.5 Å². The monoisotopic (exact) mass is 406 g/mol. The number of methoxy groups -OCH3 is 2. The van der Waals surface area contributed by atoms with Crippen LogP contribution < -0.4 is 24.2 Å². The molecule has 2 aromatic rings. The number of anilines is 2. The van der Waals surface area contributed by atoms with Gasteiger partial charge >= 0.3 is 0 Å². The summed E-state index contributed by atoms with van der Waals surface area (Å²) in [5.74, 6) is 1.19. The van der Waals surface area contributed by atoms with Gasteiger partial charge in [0.2, 0.25) is 15.9 Å². The Hall–Kier alpha value is -2.94. The van der Waals surface area contributed by atoms with E-state index in [0.717, 1.165) is 11.8 Å². The van der Waals surface area contributed by atoms with Crippen LogP contribution in [-0.4, -0.2) is 41.4 Å². The summed E-state index contributed by atoms with van der Waals surface area (Å²) >= 11 is 0. The molecular weight excluding hydrogens is 384 g/mol. The van der Waals surface area contributed by atoms with Crippen molar-refractivity contribution >= 4 is 27.3 Å². The van der Waals surface area contributed by atoms with Crippen molar-refractivity contribution in [2.75, 3.05) is 37.1 Å². The molecule has 1 amide bonds. The molecule has 9 heteroatoms. The molecule has 0 aromatic heterocycles. The molecule has 3 rings (SSSR count). The Kier molecular flexibility index (Phi) is 5.64. The zero-order chi connectivity index (χ0) is 20.3. The fraction of sp³-hybridized carbons (Fsp3) is 0.316. The van der Waals surface area contributed by atoms with E-state index in [1.807, 2.05) is 12.1 Å². The molecule has 0 saturated carbocycles. The van der Waals surface area contributed by atoms with E-state index >= 15 is 0 Å². The van der Waals surface area contributed by atoms with Crippen LogP contribution in [0.3, 0.4) is 0 Å². The molecule has 0 saturated heterocycles. The van der Waals surface area contributed by atoms with E-state index in [-0.39, 0.29) is 24.1 Å². The maximum atomic E-state index is 12.7. The number of carbonyl (C=O) groups excluding carboxylic acids is 1. The molecule has 1 aliphatic heterocycles. The summed E-state index contributed by atoms with van der Waals surface area (Å²) in [5, 5.41) is 2.81. The van der Waals surface area contributed by atoms with Gasteiger partial charge in [-0.15, -0.1) is 0 Å². The van der Waals surface area contributed by atoms with Crippen molar-refractivity contribution in [3.05, 3.63) is 42.0 Å². The van der Waals surface area contributed by atoms with Crippen LogP contribution in [0.1, 0.15) is 5.56 Å². The summed E-state index contributed by atoms with van der Waals surface area (Å²) in [5.41, 5.74) is 1.64. The first-order valence-electron chi connectivity index (χ1n) is 8.55. The summed E-state index contributed by atoms with van der Waals surface area (Å²) in [6, 6.07) is 10.3. The highest BCUT2D eigenvalue weighted by Crippen LogP contribution is 2.32. The molecule has 0 radical (unpaired) electrons. The minimum Gasteiger partial charge on any atom is -0.497 e. The number of nitrogens with one attached hydrogen (secondary N) is 2. The number of amides is 1. The van der Waals surface area contributed by atoms with Gasteiger partial charge in [-0.1, -0.05) is 6.07 Å². The molecule has 0 aliphatic carbocycles. The van der Waals surface area contributed by atoms with E-state index in [4.69, 9.17) is 14.2 Å². The van der Waals surface area contributed by atoms with E-state index in [1.54, 1.807) is 25.3 Å². The summed E-state index contributed by atoms with van der Waals surface area (Å²) < 4.78 is 41.5. The zero-order valence-corrected chi connectivity index (χ0v) is 16.6. The largest absolute Gasteiger partial charge is 0.497 e. The first kappa shape index (κ1) is 19.8. The SMILES string of the molecule is COc1ccc2c(c1)OC[C@H](C(=O)Nc1ccc(OC)c(NS(C)(=O)=O)c1)C2. The minimum absolute atomic E-state index is 0.211. The van der Waals surface area contributed by atoms with Gasteiger partial charge in [0.1, 0.15) is 23.9 Å². The molecule has 0 unspecified atom stereocenters. The molecule has 2 N–H and O–H groups in total. The third kappa shape index (κ3) is 4.66. The second kappa shape index (κ2) is 7.97. The topological polar surface area (TPSA) is 103 Å². The lowest BCUT2D eigenvalue weighted by atomic mass is 9.95. The fourth-order valence-electron chi connectivity index (χ4n) is 2.96. The Bertz CT molecular complexity index is 990. The van der Waals surface area contributed by atoms with Gasteiger partial charge in [0.25, 0.3) is 0 Å². The molecule has 0 spiro atoms. The molecule has 0 fully saturated rings. The first-order valence-corrected chi connectivity index (χ1v) is 10.4. The standard InChI is InChI=1S/C19H22N2O6S/c1-25-15-6-4-12-8-13(11-27-18(12)10-15)19(22)20-14-5-7-17(26-2)16(9-14)21-28(3,23)24/h4-7,9-10,13,21H,8,11H2,1-3H3,(H,20,22)/t13-/m1/s1. The van der Waals surface area contributed by atoms with Gasteiger partial charge in [-0.2, -0.15) is 0 Å². The molecule has 1 atom stereocenters. The Labute approximate surface area is 163 Å². The maximum Gasteiger partial charge on any atom is 0.231 e. The van der Waals surface area contributed by atoms with Gasteiger partial charge in [0, 0.05) is 11.8 Å². The van der Waals surface area contributed by atoms with Crippen LogP contribution in [0.5, 0.6) is 17.2 Å². The highest BCUT2D eigenvalue weighted by molar-refractivity contribution is 7.92. The summed E-state index contributed by atoms with van der Waals surface area (Å²) in [7, 11) is -0.464. The van der Waals surface area contributed by atoms with Crippen LogP contribution in [0.4, 0.5) is 11.4 Å². The lowest BCUT2D eigenvalue weighted by molar-refractivity contribution is -0.121. The quantitative estimate of drug-likeness (QED) is 0.763. The third-order valence-corrected chi connectivity index (χ3v) is 4.90. The van der Waals surface area contributed by atoms with Crippen molar-refractivity contribution in [1.82, 2.24) is 0 Å². The van der Waals surface area contributed by atoms with Gasteiger partial charge in [-0.25, -0.2) is 8.42 Å². The highest BCUT2D eigenvalue weighted by Gasteiger charge is 2.26. The van der Waals surface area contributed by atoms with E-state index in [0.29, 0.717) is 29.4 Å². The van der Waals surface area contributed by atoms with Crippen molar-refractivity contribution < 1.29 is 27.4 Å². The van der Waals surface area contributed by atoms with Crippen LogP contribution in [-0.2, 0) is 21.2 Å². The molecule has 8 nitrogen and oxygen atoms in total. The van der Waals surface area contributed by atoms with Gasteiger partial charge in [-0.3, -0.25) is 9.52 Å². The predicted molar refractivity (Wildman–Crippen MR) is 106 cm³/mol. The highest BCUT2D eigenvalue weighted by atomic mass is 32.2. The van der Waals surface area contributed by atoms with Crippen molar-refractivity contribution in [3.8, 4) is 17.2 Å². The zero-order valence-electron chi connectivity index (χ0n) is 15.8. The number of hydrogen-bond acceptors (Lipinski definition) is 6. The number of fused-ring (bicyclic) bond motifs is 1. The Morgan fingerprint density at radius 1 is 1.14 bits per heavy atom. The molecule has 1 heterocycles. The molecule has 28 heavy (non-hydrogen) atoms. The van der Waals surface area contributed by atoms with Crippen LogP contribution in [0, 0.1) is 5.92 Å². The molecule has 150 valence electrons. The first-order chi connectivity index (χ1) is 13.3. The van der Waals surface area contributed by atoms with Gasteiger partial charge in [-0.05, 0) is 36.2 Å². The third-order valence-electron chi connectivity index (χ3n) is 4.31. The number of hydrogen-bond donors (Lipinski definition) is 2. The number of sulfonamides is 1. The summed E-state index contributed by atoms with van der Waals surface area (Å²) in [6.07, 6.45) is 1.58. The number of benzene rings is 2. The van der Waals surface area contributed by atoms with Crippen molar-refractivity contribution in [3.63, 3.8) is 0 Å². The van der Waals surface area contributed by atoms with Crippen molar-refractivity contribution in [1.29, 1.82) is 0 Å². The van der Waals surface area contributed by atoms with E-state index in [2.05, 4.69) is 10.0 Å². The molecular formula is C19H22N2O6S. The second-order valence-electron chi connectivity index (χ2n) is 6.46. The van der Waals surface area contributed by atoms with Crippen LogP contribution >= 0.6 is 0 Å². The van der Waals surface area contributed by atoms with E-state index in [9.17, 15) is 13.2 Å². The van der Waals surface area contributed by atoms with Gasteiger partial charge in [0.05, 0.1) is 32.1 Å². The molecule has 1 aliphatic rings. The fourth-order valence-corrected chi connectivity index (χ4v) is 3.52. The lowest BCUT2D eigenvalue weighted by Gasteiger charge is -2.25. The maximum absolute atomic E-state index is 12.7. The van der Waals surface area contributed by atoms with Gasteiger partial charge in [0.15, 0.2) is 0 Å². The summed E-state index contributed by atoms with van der Waals surface area (Å²) in [4.78, 5) is 12.7. The van der Waals surface area contributed by atoms with Crippen LogP contribution in [0.2, 0.25) is 0 Å². The molecule has 0 bridgehead atoms. The Morgan fingerprint density at radius 2 is 1.93 bits per heavy atom. The summed E-state index contributed by atoms with van der Waals surface area (Å²) in [6.45, 7) is 0.247. The average molecular weight is 406 g/mol. The number of carbonyl (C=O) groups is 1. The van der Waals surface area contributed by atoms with E-state index in [1.165, 1.54) is 13.2 Å². The van der Waals surface area contributed by atoms with Crippen molar-refractivity contribution in [2.45, 2.75) is 6.42 Å². The second-order valence-corrected chi connectivity index (χ2v) is 8.21. The predicted octanol–water partition coefficient (Wildman–Crippen LogP) is 2.27. The van der Waals surface area contributed by atoms with Crippen LogP contribution in [0.15, 0.2) is 36.4 Å². The average Bonchev–Trinajstić information content (AvgIpc) is 2.66. The Balaban J connectivity index is 1.73. The normalized spacial score (nSPS) is 15.8. The number of ether oxygens (including phenoxy) is 3. The Morgan fingerprint density at radius 3 is 2.61 bits per heavy atom.